The minimum absolute atomic E-state index is 0.286. The van der Waals surface area contributed by atoms with Crippen LogP contribution < -0.4 is 5.73 Å². The molecule has 3 N–H and O–H groups in total. The first kappa shape index (κ1) is 11.3. The molecule has 0 radical (unpaired) electrons. The van der Waals surface area contributed by atoms with Gasteiger partial charge < -0.3 is 20.6 Å². The predicted molar refractivity (Wildman–Crippen MR) is 54.5 cm³/mol. The lowest BCUT2D eigenvalue weighted by Gasteiger charge is -2.30. The molecule has 0 amide bonds. The van der Waals surface area contributed by atoms with E-state index in [2.05, 4.69) is 10.1 Å². The number of hydrogen-bond acceptors (Lipinski definition) is 4. The van der Waals surface area contributed by atoms with Crippen LogP contribution in [0.4, 0.5) is 0 Å². The van der Waals surface area contributed by atoms with Crippen molar-refractivity contribution in [2.45, 2.75) is 25.3 Å². The Labute approximate surface area is 84.5 Å². The van der Waals surface area contributed by atoms with Crippen molar-refractivity contribution in [3.63, 3.8) is 0 Å². The number of nitrogens with two attached hydrogens (primary N) is 1. The lowest BCUT2D eigenvalue weighted by Crippen LogP contribution is -2.40. The molecular formula is C9H19N3O2. The summed E-state index contributed by atoms with van der Waals surface area (Å²) in [6.45, 7) is 2.49. The third-order valence-corrected chi connectivity index (χ3v) is 2.61. The topological polar surface area (TPSA) is 71.1 Å². The van der Waals surface area contributed by atoms with Crippen LogP contribution in [-0.4, -0.2) is 48.8 Å². The van der Waals surface area contributed by atoms with E-state index >= 15 is 0 Å². The fourth-order valence-electron chi connectivity index (χ4n) is 1.59. The summed E-state index contributed by atoms with van der Waals surface area (Å²) in [5.41, 5.74) is 5.39. The fourth-order valence-corrected chi connectivity index (χ4v) is 1.59. The number of ether oxygens (including phenoxy) is 1. The Kier molecular flexibility index (Phi) is 4.69. The Morgan fingerprint density at radius 3 is 3.07 bits per heavy atom. The van der Waals surface area contributed by atoms with Gasteiger partial charge in [0, 0.05) is 25.6 Å². The van der Waals surface area contributed by atoms with Crippen LogP contribution in [0.3, 0.4) is 0 Å². The Balaban J connectivity index is 2.22. The normalized spacial score (nSPS) is 24.1. The molecule has 14 heavy (non-hydrogen) atoms. The Morgan fingerprint density at radius 2 is 2.50 bits per heavy atom. The molecule has 0 aromatic carbocycles. The zero-order valence-electron chi connectivity index (χ0n) is 8.65. The molecular weight excluding hydrogens is 182 g/mol. The molecule has 1 saturated heterocycles. The predicted octanol–water partition coefficient (Wildman–Crippen LogP) is 0.234. The summed E-state index contributed by atoms with van der Waals surface area (Å²) in [6, 6.07) is 0.482. The van der Waals surface area contributed by atoms with Crippen LogP contribution in [-0.2, 0) is 4.74 Å². The zero-order valence-corrected chi connectivity index (χ0v) is 8.65. The molecule has 0 saturated carbocycles. The maximum atomic E-state index is 8.38. The van der Waals surface area contributed by atoms with Gasteiger partial charge in [0.05, 0.1) is 6.61 Å². The highest BCUT2D eigenvalue weighted by Crippen LogP contribution is 2.11. The minimum Gasteiger partial charge on any atom is -0.409 e. The molecule has 1 aliphatic rings. The number of hydrogen-bond donors (Lipinski definition) is 2. The van der Waals surface area contributed by atoms with Gasteiger partial charge in [-0.25, -0.2) is 0 Å². The Morgan fingerprint density at radius 1 is 1.71 bits per heavy atom. The lowest BCUT2D eigenvalue weighted by molar-refractivity contribution is 0.0285. The van der Waals surface area contributed by atoms with Crippen molar-refractivity contribution >= 4 is 5.84 Å². The molecule has 1 atom stereocenters. The molecule has 5 nitrogen and oxygen atoms in total. The van der Waals surface area contributed by atoms with Gasteiger partial charge in [0.1, 0.15) is 5.84 Å². The summed E-state index contributed by atoms with van der Waals surface area (Å²) in [6.07, 6.45) is 2.90. The van der Waals surface area contributed by atoms with Crippen LogP contribution in [0.25, 0.3) is 0 Å². The highest BCUT2D eigenvalue weighted by Gasteiger charge is 2.18. The van der Waals surface area contributed by atoms with Crippen LogP contribution in [0, 0.1) is 0 Å². The van der Waals surface area contributed by atoms with Crippen LogP contribution in [0.15, 0.2) is 5.16 Å². The van der Waals surface area contributed by atoms with Crippen LogP contribution in [0.2, 0.25) is 0 Å². The van der Waals surface area contributed by atoms with Gasteiger partial charge in [-0.15, -0.1) is 0 Å². The third kappa shape index (κ3) is 3.51. The first-order chi connectivity index (χ1) is 6.74. The molecule has 5 heteroatoms. The van der Waals surface area contributed by atoms with Crippen molar-refractivity contribution < 1.29 is 9.94 Å². The van der Waals surface area contributed by atoms with Crippen molar-refractivity contribution in [2.75, 3.05) is 26.8 Å². The molecule has 1 rings (SSSR count). The maximum absolute atomic E-state index is 8.38. The average Bonchev–Trinajstić information content (AvgIpc) is 2.26. The van der Waals surface area contributed by atoms with Gasteiger partial charge in [0.15, 0.2) is 0 Å². The van der Waals surface area contributed by atoms with E-state index in [-0.39, 0.29) is 5.84 Å². The molecule has 0 bridgehead atoms. The Bertz CT molecular complexity index is 190. The monoisotopic (exact) mass is 201 g/mol. The van der Waals surface area contributed by atoms with E-state index in [1.165, 1.54) is 6.42 Å². The highest BCUT2D eigenvalue weighted by atomic mass is 16.5. The number of rotatable bonds is 4. The summed E-state index contributed by atoms with van der Waals surface area (Å²) in [4.78, 5) is 2.21. The fraction of sp³-hybridized carbons (Fsp3) is 0.889. The molecule has 0 aliphatic carbocycles. The van der Waals surface area contributed by atoms with E-state index in [9.17, 15) is 0 Å². The van der Waals surface area contributed by atoms with Crippen molar-refractivity contribution in [3.05, 3.63) is 0 Å². The van der Waals surface area contributed by atoms with Crippen LogP contribution in [0.5, 0.6) is 0 Å². The SMILES string of the molecule is CN(CCC(N)=NO)C1CCCOC1. The largest absolute Gasteiger partial charge is 0.409 e. The molecule has 1 fully saturated rings. The van der Waals surface area contributed by atoms with Gasteiger partial charge in [-0.05, 0) is 19.9 Å². The molecule has 0 aromatic rings. The van der Waals surface area contributed by atoms with Gasteiger partial charge in [-0.3, -0.25) is 0 Å². The molecule has 1 aliphatic heterocycles. The van der Waals surface area contributed by atoms with Gasteiger partial charge in [-0.2, -0.15) is 0 Å². The van der Waals surface area contributed by atoms with Gasteiger partial charge in [0.2, 0.25) is 0 Å². The summed E-state index contributed by atoms with van der Waals surface area (Å²) in [5, 5.41) is 11.3. The maximum Gasteiger partial charge on any atom is 0.140 e. The van der Waals surface area contributed by atoms with Gasteiger partial charge >= 0.3 is 0 Å². The van der Waals surface area contributed by atoms with Crippen molar-refractivity contribution in [3.8, 4) is 0 Å². The standard InChI is InChI=1S/C9H19N3O2/c1-12(5-4-9(10)11-13)8-3-2-6-14-7-8/h8,13H,2-7H2,1H3,(H2,10,11). The van der Waals surface area contributed by atoms with Crippen molar-refractivity contribution in [1.82, 2.24) is 4.90 Å². The molecule has 0 aromatic heterocycles. The zero-order chi connectivity index (χ0) is 10.4. The summed E-state index contributed by atoms with van der Waals surface area (Å²) < 4.78 is 5.38. The molecule has 0 spiro atoms. The van der Waals surface area contributed by atoms with Crippen molar-refractivity contribution in [2.24, 2.45) is 10.9 Å². The Hall–Kier alpha value is -0.810. The number of nitrogens with zero attached hydrogens (tertiary/aromatic N) is 2. The van der Waals surface area contributed by atoms with E-state index in [0.717, 1.165) is 26.2 Å². The summed E-state index contributed by atoms with van der Waals surface area (Å²) >= 11 is 0. The van der Waals surface area contributed by atoms with E-state index in [0.29, 0.717) is 12.5 Å². The molecule has 1 heterocycles. The second kappa shape index (κ2) is 5.82. The second-order valence-corrected chi connectivity index (χ2v) is 3.69. The summed E-state index contributed by atoms with van der Waals surface area (Å²) in [5.74, 6) is 0.286. The minimum atomic E-state index is 0.286. The average molecular weight is 201 g/mol. The quantitative estimate of drug-likeness (QED) is 0.296. The van der Waals surface area contributed by atoms with Crippen LogP contribution >= 0.6 is 0 Å². The van der Waals surface area contributed by atoms with Crippen molar-refractivity contribution in [1.29, 1.82) is 0 Å². The van der Waals surface area contributed by atoms with Gasteiger partial charge in [-0.1, -0.05) is 5.16 Å². The van der Waals surface area contributed by atoms with Gasteiger partial charge in [0.25, 0.3) is 0 Å². The molecule has 82 valence electrons. The van der Waals surface area contributed by atoms with E-state index in [1.54, 1.807) is 0 Å². The smallest absolute Gasteiger partial charge is 0.140 e. The lowest BCUT2D eigenvalue weighted by atomic mass is 10.1. The highest BCUT2D eigenvalue weighted by molar-refractivity contribution is 5.79. The van der Waals surface area contributed by atoms with Crippen LogP contribution in [0.1, 0.15) is 19.3 Å². The number of amidine groups is 1. The third-order valence-electron chi connectivity index (χ3n) is 2.61. The molecule has 1 unspecified atom stereocenters. The number of likely N-dealkylation sites (N-methyl/N-ethyl adjacent to an activating group) is 1. The second-order valence-electron chi connectivity index (χ2n) is 3.69. The van der Waals surface area contributed by atoms with E-state index < -0.39 is 0 Å². The summed E-state index contributed by atoms with van der Waals surface area (Å²) in [7, 11) is 2.05. The first-order valence-corrected chi connectivity index (χ1v) is 4.98. The van der Waals surface area contributed by atoms with E-state index in [1.807, 2.05) is 7.05 Å². The first-order valence-electron chi connectivity index (χ1n) is 4.98. The van der Waals surface area contributed by atoms with E-state index in [4.69, 9.17) is 15.7 Å². The number of oxime groups is 1.